The number of carbonyl (C=O) groups excluding carboxylic acids is 1. The Morgan fingerprint density at radius 3 is 2.74 bits per heavy atom. The minimum atomic E-state index is -0.346. The molecule has 1 N–H and O–H groups in total. The van der Waals surface area contributed by atoms with Crippen LogP contribution in [0.3, 0.4) is 0 Å². The fourth-order valence-electron chi connectivity index (χ4n) is 2.94. The van der Waals surface area contributed by atoms with E-state index in [1.54, 1.807) is 30.1 Å². The van der Waals surface area contributed by atoms with Crippen LogP contribution in [-0.2, 0) is 0 Å². The summed E-state index contributed by atoms with van der Waals surface area (Å²) in [5, 5.41) is 0.744. The van der Waals surface area contributed by atoms with Gasteiger partial charge < -0.3 is 0 Å². The molecule has 0 saturated heterocycles. The summed E-state index contributed by atoms with van der Waals surface area (Å²) >= 11 is 0. The van der Waals surface area contributed by atoms with Crippen molar-refractivity contribution in [2.45, 2.75) is 13.8 Å². The summed E-state index contributed by atoms with van der Waals surface area (Å²) in [4.78, 5) is 25.6. The summed E-state index contributed by atoms with van der Waals surface area (Å²) in [5.74, 6) is -0.201. The molecule has 0 saturated carbocycles. The van der Waals surface area contributed by atoms with Gasteiger partial charge in [-0.25, -0.2) is 14.4 Å². The van der Waals surface area contributed by atoms with E-state index in [1.807, 2.05) is 25.1 Å². The first-order valence-corrected chi connectivity index (χ1v) is 8.36. The van der Waals surface area contributed by atoms with Gasteiger partial charge in [-0.15, -0.1) is 0 Å². The van der Waals surface area contributed by atoms with Crippen LogP contribution >= 0.6 is 0 Å². The smallest absolute Gasteiger partial charge is 0.267 e. The second-order valence-electron chi connectivity index (χ2n) is 6.19. The fourth-order valence-corrected chi connectivity index (χ4v) is 2.94. The van der Waals surface area contributed by atoms with Crippen molar-refractivity contribution in [2.75, 3.05) is 5.43 Å². The van der Waals surface area contributed by atoms with Crippen LogP contribution in [0.1, 0.15) is 21.6 Å². The molecule has 1 amide bonds. The molecule has 0 unspecified atom stereocenters. The van der Waals surface area contributed by atoms with Crippen molar-refractivity contribution in [3.8, 4) is 11.5 Å². The van der Waals surface area contributed by atoms with Crippen molar-refractivity contribution in [3.63, 3.8) is 0 Å². The Morgan fingerprint density at radius 2 is 2.00 bits per heavy atom. The lowest BCUT2D eigenvalue weighted by Gasteiger charge is -2.10. The zero-order valence-corrected chi connectivity index (χ0v) is 14.8. The van der Waals surface area contributed by atoms with Gasteiger partial charge in [0.2, 0.25) is 0 Å². The standard InChI is InChI=1S/C20H16FN5O/c1-12-11-26(18-7-6-14(21)9-15(12)18)25-20(27)16-10-23-19(24-13(16)2)17-5-3-4-8-22-17/h3-11H,1-2H3,(H,25,27). The number of hydrogen-bond donors (Lipinski definition) is 1. The Morgan fingerprint density at radius 1 is 1.15 bits per heavy atom. The van der Waals surface area contributed by atoms with E-state index in [1.165, 1.54) is 18.3 Å². The molecule has 3 heterocycles. The molecule has 134 valence electrons. The molecule has 3 aromatic heterocycles. The number of fused-ring (bicyclic) bond motifs is 1. The summed E-state index contributed by atoms with van der Waals surface area (Å²) in [6, 6.07) is 9.91. The number of nitrogens with one attached hydrogen (secondary N) is 1. The highest BCUT2D eigenvalue weighted by Crippen LogP contribution is 2.21. The zero-order valence-electron chi connectivity index (χ0n) is 14.8. The quantitative estimate of drug-likeness (QED) is 0.605. The minimum absolute atomic E-state index is 0.316. The fraction of sp³-hybridized carbons (Fsp3) is 0.100. The third-order valence-electron chi connectivity index (χ3n) is 4.31. The second-order valence-corrected chi connectivity index (χ2v) is 6.19. The Labute approximate surface area is 154 Å². The van der Waals surface area contributed by atoms with Gasteiger partial charge in [0.25, 0.3) is 5.91 Å². The maximum atomic E-state index is 13.5. The number of amides is 1. The predicted molar refractivity (Wildman–Crippen MR) is 100 cm³/mol. The van der Waals surface area contributed by atoms with E-state index < -0.39 is 0 Å². The van der Waals surface area contributed by atoms with E-state index in [0.29, 0.717) is 28.3 Å². The second kappa shape index (κ2) is 6.60. The molecule has 0 spiro atoms. The van der Waals surface area contributed by atoms with Crippen LogP contribution in [-0.4, -0.2) is 25.5 Å². The summed E-state index contributed by atoms with van der Waals surface area (Å²) in [6.07, 6.45) is 4.90. The Kier molecular flexibility index (Phi) is 4.12. The maximum absolute atomic E-state index is 13.5. The number of carbonyl (C=O) groups is 1. The van der Waals surface area contributed by atoms with Gasteiger partial charge in [0, 0.05) is 24.0 Å². The Balaban J connectivity index is 1.64. The van der Waals surface area contributed by atoms with Crippen molar-refractivity contribution < 1.29 is 9.18 Å². The van der Waals surface area contributed by atoms with Crippen LogP contribution in [0.5, 0.6) is 0 Å². The number of hydrogen-bond acceptors (Lipinski definition) is 4. The average molecular weight is 361 g/mol. The molecule has 4 rings (SSSR count). The lowest BCUT2D eigenvalue weighted by Crippen LogP contribution is -2.23. The van der Waals surface area contributed by atoms with Crippen LogP contribution in [0.25, 0.3) is 22.4 Å². The number of halogens is 1. The molecule has 0 aliphatic carbocycles. The lowest BCUT2D eigenvalue weighted by atomic mass is 10.2. The van der Waals surface area contributed by atoms with Gasteiger partial charge >= 0.3 is 0 Å². The highest BCUT2D eigenvalue weighted by molar-refractivity contribution is 6.01. The van der Waals surface area contributed by atoms with Gasteiger partial charge in [-0.2, -0.15) is 0 Å². The van der Waals surface area contributed by atoms with Crippen molar-refractivity contribution >= 4 is 16.8 Å². The van der Waals surface area contributed by atoms with E-state index in [9.17, 15) is 9.18 Å². The topological polar surface area (TPSA) is 72.7 Å². The third-order valence-corrected chi connectivity index (χ3v) is 4.31. The average Bonchev–Trinajstić information content (AvgIpc) is 2.97. The maximum Gasteiger partial charge on any atom is 0.273 e. The monoisotopic (exact) mass is 361 g/mol. The molecule has 0 radical (unpaired) electrons. The zero-order chi connectivity index (χ0) is 19.0. The predicted octanol–water partition coefficient (Wildman–Crippen LogP) is 3.63. The summed E-state index contributed by atoms with van der Waals surface area (Å²) in [5.41, 5.74) is 5.92. The van der Waals surface area contributed by atoms with Gasteiger partial charge in [-0.3, -0.25) is 19.9 Å². The first kappa shape index (κ1) is 16.8. The van der Waals surface area contributed by atoms with E-state index in [0.717, 1.165) is 10.9 Å². The lowest BCUT2D eigenvalue weighted by molar-refractivity contribution is 0.101. The summed E-state index contributed by atoms with van der Waals surface area (Å²) < 4.78 is 15.0. The molecular weight excluding hydrogens is 345 g/mol. The van der Waals surface area contributed by atoms with Crippen LogP contribution in [0.4, 0.5) is 4.39 Å². The van der Waals surface area contributed by atoms with Crippen LogP contribution in [0.15, 0.2) is 55.0 Å². The van der Waals surface area contributed by atoms with Crippen molar-refractivity contribution in [1.82, 2.24) is 19.6 Å². The highest BCUT2D eigenvalue weighted by Gasteiger charge is 2.15. The van der Waals surface area contributed by atoms with E-state index in [-0.39, 0.29) is 11.7 Å². The molecule has 0 bridgehead atoms. The molecular formula is C20H16FN5O. The molecule has 0 aliphatic rings. The Bertz CT molecular complexity index is 1150. The van der Waals surface area contributed by atoms with Crippen molar-refractivity contribution in [2.24, 2.45) is 0 Å². The summed E-state index contributed by atoms with van der Waals surface area (Å²) in [7, 11) is 0. The van der Waals surface area contributed by atoms with Gasteiger partial charge in [0.05, 0.1) is 16.8 Å². The van der Waals surface area contributed by atoms with E-state index in [4.69, 9.17) is 0 Å². The largest absolute Gasteiger partial charge is 0.273 e. The summed E-state index contributed by atoms with van der Waals surface area (Å²) in [6.45, 7) is 3.61. The molecule has 27 heavy (non-hydrogen) atoms. The molecule has 4 aromatic rings. The minimum Gasteiger partial charge on any atom is -0.267 e. The van der Waals surface area contributed by atoms with Gasteiger partial charge in [0.1, 0.15) is 11.5 Å². The molecule has 0 atom stereocenters. The van der Waals surface area contributed by atoms with Crippen LogP contribution < -0.4 is 5.43 Å². The molecule has 0 aliphatic heterocycles. The van der Waals surface area contributed by atoms with Gasteiger partial charge in [0.15, 0.2) is 5.82 Å². The highest BCUT2D eigenvalue weighted by atomic mass is 19.1. The van der Waals surface area contributed by atoms with Crippen LogP contribution in [0.2, 0.25) is 0 Å². The van der Waals surface area contributed by atoms with Crippen molar-refractivity contribution in [1.29, 1.82) is 0 Å². The number of aryl methyl sites for hydroxylation is 2. The molecule has 7 heteroatoms. The van der Waals surface area contributed by atoms with Gasteiger partial charge in [-0.1, -0.05) is 6.07 Å². The SMILES string of the molecule is Cc1nc(-c2ccccn2)ncc1C(=O)Nn1cc(C)c2cc(F)ccc21. The van der Waals surface area contributed by atoms with E-state index >= 15 is 0 Å². The first-order chi connectivity index (χ1) is 13.0. The van der Waals surface area contributed by atoms with Crippen molar-refractivity contribution in [3.05, 3.63) is 77.6 Å². The number of aromatic nitrogens is 4. The Hall–Kier alpha value is -3.61. The number of benzene rings is 1. The molecule has 0 fully saturated rings. The van der Waals surface area contributed by atoms with E-state index in [2.05, 4.69) is 20.4 Å². The molecule has 1 aromatic carbocycles. The number of nitrogens with zero attached hydrogens (tertiary/aromatic N) is 4. The third kappa shape index (κ3) is 3.15. The first-order valence-electron chi connectivity index (χ1n) is 8.36. The normalized spacial score (nSPS) is 10.9. The van der Waals surface area contributed by atoms with Gasteiger partial charge in [-0.05, 0) is 49.7 Å². The van der Waals surface area contributed by atoms with Crippen LogP contribution in [0, 0.1) is 19.7 Å². The number of rotatable bonds is 3. The molecule has 6 nitrogen and oxygen atoms in total. The number of pyridine rings is 1.